The average molecular weight is 143 g/mol. The largest absolute Gasteiger partial charge is 0.475 e. The molecule has 0 aromatic rings. The number of hydrogen-bond acceptors (Lipinski definition) is 4. The second-order valence-electron chi connectivity index (χ2n) is 2.13. The van der Waals surface area contributed by atoms with Gasteiger partial charge in [-0.15, -0.1) is 0 Å². The maximum absolute atomic E-state index is 6.72. The van der Waals surface area contributed by atoms with Crippen LogP contribution < -0.4 is 11.5 Å². The average Bonchev–Trinajstić information content (AvgIpc) is 1.85. The van der Waals surface area contributed by atoms with Gasteiger partial charge in [-0.2, -0.15) is 0 Å². The van der Waals surface area contributed by atoms with E-state index < -0.39 is 0 Å². The van der Waals surface area contributed by atoms with Crippen LogP contribution in [0.2, 0.25) is 0 Å². The smallest absolute Gasteiger partial charge is 0.209 e. The minimum absolute atomic E-state index is 0.00139. The van der Waals surface area contributed by atoms with Crippen molar-refractivity contribution in [2.75, 3.05) is 0 Å². The first-order valence-corrected chi connectivity index (χ1v) is 3.00. The molecule has 0 aliphatic carbocycles. The highest BCUT2D eigenvalue weighted by atomic mass is 16.5. The van der Waals surface area contributed by atoms with Gasteiger partial charge in [0, 0.05) is 6.21 Å². The zero-order chi connectivity index (χ0) is 8.15. The molecule has 4 nitrogen and oxygen atoms in total. The number of hydrogen-bond donors (Lipinski definition) is 3. The molecule has 5 N–H and O–H groups in total. The Kier molecular flexibility index (Phi) is 3.32. The van der Waals surface area contributed by atoms with Gasteiger partial charge in [0.15, 0.2) is 0 Å². The Balaban J connectivity index is 4.04. The van der Waals surface area contributed by atoms with Crippen LogP contribution in [0.5, 0.6) is 0 Å². The van der Waals surface area contributed by atoms with Crippen LogP contribution in [0.25, 0.3) is 0 Å². The van der Waals surface area contributed by atoms with Gasteiger partial charge in [0.1, 0.15) is 5.70 Å². The van der Waals surface area contributed by atoms with Crippen molar-refractivity contribution < 1.29 is 4.74 Å². The van der Waals surface area contributed by atoms with E-state index in [-0.39, 0.29) is 17.7 Å². The Morgan fingerprint density at radius 1 is 1.50 bits per heavy atom. The Labute approximate surface area is 60.4 Å². The lowest BCUT2D eigenvalue weighted by Crippen LogP contribution is -2.16. The summed E-state index contributed by atoms with van der Waals surface area (Å²) in [5, 5.41) is 6.72. The summed E-state index contributed by atoms with van der Waals surface area (Å²) >= 11 is 0. The molecule has 0 saturated heterocycles. The maximum Gasteiger partial charge on any atom is 0.209 e. The highest BCUT2D eigenvalue weighted by molar-refractivity contribution is 5.74. The van der Waals surface area contributed by atoms with E-state index in [1.807, 2.05) is 13.8 Å². The van der Waals surface area contributed by atoms with Gasteiger partial charge in [-0.1, -0.05) is 0 Å². The standard InChI is InChI=1S/C6H13N3O/c1-4(2)10-6(9)5(8)3-7/h3-4,7H,8-9H2,1-2H3. The molecule has 0 bridgehead atoms. The molecule has 0 aliphatic rings. The molecular formula is C6H13N3O. The summed E-state index contributed by atoms with van der Waals surface area (Å²) in [6.45, 7) is 3.67. The van der Waals surface area contributed by atoms with Crippen LogP contribution in [-0.2, 0) is 4.74 Å². The molecule has 0 unspecified atom stereocenters. The first kappa shape index (κ1) is 8.81. The Bertz CT molecular complexity index is 151. The number of nitrogens with two attached hydrogens (primary N) is 2. The molecule has 0 heterocycles. The lowest BCUT2D eigenvalue weighted by Gasteiger charge is -2.09. The first-order valence-electron chi connectivity index (χ1n) is 3.00. The Hall–Kier alpha value is -1.19. The number of ether oxygens (including phenoxy) is 1. The van der Waals surface area contributed by atoms with Gasteiger partial charge in [0.05, 0.1) is 6.10 Å². The van der Waals surface area contributed by atoms with Crippen LogP contribution in [0.15, 0.2) is 11.6 Å². The Morgan fingerprint density at radius 2 is 2.00 bits per heavy atom. The van der Waals surface area contributed by atoms with Gasteiger partial charge >= 0.3 is 0 Å². The fourth-order valence-electron chi connectivity index (χ4n) is 0.393. The summed E-state index contributed by atoms with van der Waals surface area (Å²) in [5.41, 5.74) is 10.7. The second-order valence-corrected chi connectivity index (χ2v) is 2.13. The van der Waals surface area contributed by atoms with E-state index in [0.717, 1.165) is 6.21 Å². The van der Waals surface area contributed by atoms with Crippen LogP contribution in [-0.4, -0.2) is 12.3 Å². The highest BCUT2D eigenvalue weighted by Gasteiger charge is 1.98. The van der Waals surface area contributed by atoms with Gasteiger partial charge in [-0.25, -0.2) is 0 Å². The molecule has 0 radical (unpaired) electrons. The van der Waals surface area contributed by atoms with Crippen LogP contribution >= 0.6 is 0 Å². The third-order valence-corrected chi connectivity index (χ3v) is 0.803. The Morgan fingerprint density at radius 3 is 2.30 bits per heavy atom. The highest BCUT2D eigenvalue weighted by Crippen LogP contribution is 1.96. The van der Waals surface area contributed by atoms with E-state index >= 15 is 0 Å². The minimum atomic E-state index is -0.00139. The van der Waals surface area contributed by atoms with Crippen LogP contribution in [0.4, 0.5) is 0 Å². The van der Waals surface area contributed by atoms with Gasteiger partial charge in [0.25, 0.3) is 0 Å². The normalized spacial score (nSPS) is 12.7. The summed E-state index contributed by atoms with van der Waals surface area (Å²) in [6.07, 6.45) is 0.955. The van der Waals surface area contributed by atoms with Crippen molar-refractivity contribution >= 4 is 6.21 Å². The molecule has 0 fully saturated rings. The third-order valence-electron chi connectivity index (χ3n) is 0.803. The molecule has 0 spiro atoms. The van der Waals surface area contributed by atoms with Gasteiger partial charge in [-0.3, -0.25) is 0 Å². The summed E-state index contributed by atoms with van der Waals surface area (Å²) in [5.74, 6) is 0.116. The van der Waals surface area contributed by atoms with E-state index in [9.17, 15) is 0 Å². The van der Waals surface area contributed by atoms with Crippen LogP contribution in [0, 0.1) is 5.41 Å². The van der Waals surface area contributed by atoms with E-state index in [0.29, 0.717) is 0 Å². The molecule has 0 aromatic carbocycles. The lowest BCUT2D eigenvalue weighted by molar-refractivity contribution is 0.143. The molecule has 0 amide bonds. The molecule has 4 heteroatoms. The third kappa shape index (κ3) is 2.96. The molecule has 0 rings (SSSR count). The number of nitrogens with one attached hydrogen (secondary N) is 1. The molecular weight excluding hydrogens is 130 g/mol. The minimum Gasteiger partial charge on any atom is -0.475 e. The van der Waals surface area contributed by atoms with Crippen LogP contribution in [0.1, 0.15) is 13.8 Å². The number of rotatable bonds is 3. The maximum atomic E-state index is 6.72. The number of allylic oxidation sites excluding steroid dienone is 1. The first-order chi connectivity index (χ1) is 4.57. The molecule has 10 heavy (non-hydrogen) atoms. The molecule has 0 aromatic heterocycles. The van der Waals surface area contributed by atoms with E-state index in [2.05, 4.69) is 0 Å². The fraction of sp³-hybridized carbons (Fsp3) is 0.500. The molecule has 0 aliphatic heterocycles. The topological polar surface area (TPSA) is 85.1 Å². The summed E-state index contributed by atoms with van der Waals surface area (Å²) < 4.78 is 4.98. The van der Waals surface area contributed by atoms with Gasteiger partial charge in [0.2, 0.25) is 5.88 Å². The zero-order valence-electron chi connectivity index (χ0n) is 6.22. The monoisotopic (exact) mass is 143 g/mol. The van der Waals surface area contributed by atoms with Crippen molar-refractivity contribution in [3.63, 3.8) is 0 Å². The van der Waals surface area contributed by atoms with Gasteiger partial charge < -0.3 is 21.6 Å². The summed E-state index contributed by atoms with van der Waals surface area (Å²) in [6, 6.07) is 0. The van der Waals surface area contributed by atoms with Crippen molar-refractivity contribution in [1.82, 2.24) is 0 Å². The van der Waals surface area contributed by atoms with Crippen LogP contribution in [0.3, 0.4) is 0 Å². The van der Waals surface area contributed by atoms with Crippen molar-refractivity contribution in [1.29, 1.82) is 5.41 Å². The molecule has 0 atom stereocenters. The predicted octanol–water partition coefficient (Wildman–Crippen LogP) is 0.147. The van der Waals surface area contributed by atoms with E-state index in [1.165, 1.54) is 0 Å². The van der Waals surface area contributed by atoms with Gasteiger partial charge in [-0.05, 0) is 13.8 Å². The van der Waals surface area contributed by atoms with E-state index in [4.69, 9.17) is 21.6 Å². The quantitative estimate of drug-likeness (QED) is 0.388. The SMILES string of the molecule is CC(C)OC(N)=C(N)C=N. The summed E-state index contributed by atoms with van der Waals surface area (Å²) in [4.78, 5) is 0. The predicted molar refractivity (Wildman–Crippen MR) is 40.4 cm³/mol. The molecule has 58 valence electrons. The van der Waals surface area contributed by atoms with Crippen molar-refractivity contribution in [3.05, 3.63) is 11.6 Å². The van der Waals surface area contributed by atoms with Crippen molar-refractivity contribution in [2.45, 2.75) is 20.0 Å². The zero-order valence-corrected chi connectivity index (χ0v) is 6.22. The summed E-state index contributed by atoms with van der Waals surface area (Å²) in [7, 11) is 0. The van der Waals surface area contributed by atoms with Crippen molar-refractivity contribution in [2.24, 2.45) is 11.5 Å². The fourth-order valence-corrected chi connectivity index (χ4v) is 0.393. The van der Waals surface area contributed by atoms with Crippen molar-refractivity contribution in [3.8, 4) is 0 Å². The lowest BCUT2D eigenvalue weighted by atomic mass is 10.4. The second kappa shape index (κ2) is 3.76. The molecule has 0 saturated carbocycles. The van der Waals surface area contributed by atoms with E-state index in [1.54, 1.807) is 0 Å².